The summed E-state index contributed by atoms with van der Waals surface area (Å²) >= 11 is 0. The van der Waals surface area contributed by atoms with E-state index in [0.29, 0.717) is 29.4 Å². The third-order valence-electron chi connectivity index (χ3n) is 5.14. The van der Waals surface area contributed by atoms with Gasteiger partial charge in [-0.15, -0.1) is 0 Å². The number of pyridine rings is 2. The molecule has 0 bridgehead atoms. The number of carbonyl (C=O) groups excluding carboxylic acids is 1. The SMILES string of the molecule is CNc1cc(Nc2cccn(-c3cccnc3)c2=O)nc2c(C(=O)N[C@@H]3C[C@@H]3F)cnn12. The highest BCUT2D eigenvalue weighted by Gasteiger charge is 2.39. The van der Waals surface area contributed by atoms with Gasteiger partial charge in [0.2, 0.25) is 0 Å². The number of hydrogen-bond donors (Lipinski definition) is 3. The highest BCUT2D eigenvalue weighted by Crippen LogP contribution is 2.26. The van der Waals surface area contributed by atoms with Crippen LogP contribution in [0.2, 0.25) is 0 Å². The Morgan fingerprint density at radius 3 is 2.81 bits per heavy atom. The summed E-state index contributed by atoms with van der Waals surface area (Å²) in [7, 11) is 1.70. The van der Waals surface area contributed by atoms with Crippen LogP contribution in [0.4, 0.5) is 21.7 Å². The molecule has 4 aromatic rings. The molecule has 1 saturated carbocycles. The number of amides is 1. The molecule has 0 aliphatic heterocycles. The van der Waals surface area contributed by atoms with Crippen molar-refractivity contribution < 1.29 is 9.18 Å². The molecule has 5 rings (SSSR count). The van der Waals surface area contributed by atoms with Gasteiger partial charge in [-0.05, 0) is 24.3 Å². The molecule has 4 heterocycles. The van der Waals surface area contributed by atoms with Crippen LogP contribution in [0, 0.1) is 0 Å². The van der Waals surface area contributed by atoms with Gasteiger partial charge in [0.1, 0.15) is 29.1 Å². The van der Waals surface area contributed by atoms with Crippen LogP contribution in [0.5, 0.6) is 0 Å². The van der Waals surface area contributed by atoms with E-state index in [0.717, 1.165) is 0 Å². The summed E-state index contributed by atoms with van der Waals surface area (Å²) in [6.07, 6.45) is 5.55. The Bertz CT molecular complexity index is 1370. The van der Waals surface area contributed by atoms with Crippen molar-refractivity contribution in [2.45, 2.75) is 18.6 Å². The van der Waals surface area contributed by atoms with Gasteiger partial charge in [0.05, 0.1) is 24.1 Å². The molecule has 1 aliphatic rings. The van der Waals surface area contributed by atoms with Gasteiger partial charge in [-0.25, -0.2) is 9.37 Å². The van der Waals surface area contributed by atoms with Crippen molar-refractivity contribution in [2.24, 2.45) is 0 Å². The van der Waals surface area contributed by atoms with Crippen molar-refractivity contribution >= 4 is 28.9 Å². The van der Waals surface area contributed by atoms with E-state index in [1.54, 1.807) is 56.0 Å². The number of fused-ring (bicyclic) bond motifs is 1. The first-order chi connectivity index (χ1) is 15.5. The van der Waals surface area contributed by atoms with Crippen molar-refractivity contribution in [1.29, 1.82) is 0 Å². The minimum atomic E-state index is -1.01. The Morgan fingerprint density at radius 1 is 1.25 bits per heavy atom. The molecule has 0 aromatic carbocycles. The second kappa shape index (κ2) is 7.76. The number of hydrogen-bond acceptors (Lipinski definition) is 7. The zero-order valence-electron chi connectivity index (χ0n) is 17.0. The minimum Gasteiger partial charge on any atom is -0.373 e. The minimum absolute atomic E-state index is 0.213. The van der Waals surface area contributed by atoms with E-state index in [4.69, 9.17) is 0 Å². The molecule has 0 saturated heterocycles. The van der Waals surface area contributed by atoms with Gasteiger partial charge in [-0.2, -0.15) is 9.61 Å². The van der Waals surface area contributed by atoms with Crippen LogP contribution in [-0.4, -0.2) is 49.3 Å². The molecular weight excluding hydrogens is 415 g/mol. The summed E-state index contributed by atoms with van der Waals surface area (Å²) in [4.78, 5) is 34.1. The third kappa shape index (κ3) is 3.53. The van der Waals surface area contributed by atoms with Crippen molar-refractivity contribution in [2.75, 3.05) is 17.7 Å². The number of anilines is 3. The number of carbonyl (C=O) groups is 1. The summed E-state index contributed by atoms with van der Waals surface area (Å²) in [5.74, 6) is 0.442. The van der Waals surface area contributed by atoms with Crippen LogP contribution in [0.1, 0.15) is 16.8 Å². The normalized spacial score (nSPS) is 17.2. The summed E-state index contributed by atoms with van der Waals surface area (Å²) < 4.78 is 16.1. The molecule has 0 unspecified atom stereocenters. The maximum absolute atomic E-state index is 13.2. The number of rotatable bonds is 6. The van der Waals surface area contributed by atoms with E-state index in [2.05, 4.69) is 31.0 Å². The molecule has 1 amide bonds. The standard InChI is InChI=1S/C21H19FN8O2/c1-23-18-9-17(26-15-5-3-7-29(21(15)32)12-4-2-6-24-10-12)28-19-13(11-25-30(18)19)20(31)27-16-8-14(16)22/h2-7,9-11,14,16,23H,8H2,1H3,(H,26,28)(H,27,31)/t14-,16+/m0/s1. The molecule has 4 aromatic heterocycles. The van der Waals surface area contributed by atoms with Crippen molar-refractivity contribution in [3.05, 3.63) is 71.0 Å². The van der Waals surface area contributed by atoms with Crippen molar-refractivity contribution in [3.63, 3.8) is 0 Å². The Morgan fingerprint density at radius 2 is 2.09 bits per heavy atom. The molecule has 1 aliphatic carbocycles. The summed E-state index contributed by atoms with van der Waals surface area (Å²) in [5.41, 5.74) is 1.12. The number of aromatic nitrogens is 5. The average molecular weight is 434 g/mol. The van der Waals surface area contributed by atoms with Crippen LogP contribution in [-0.2, 0) is 0 Å². The van der Waals surface area contributed by atoms with E-state index in [-0.39, 0.29) is 16.8 Å². The molecule has 1 fully saturated rings. The fourth-order valence-electron chi connectivity index (χ4n) is 3.35. The number of halogens is 1. The van der Waals surface area contributed by atoms with Gasteiger partial charge in [0, 0.05) is 31.9 Å². The number of nitrogens with one attached hydrogen (secondary N) is 3. The zero-order valence-corrected chi connectivity index (χ0v) is 17.0. The lowest BCUT2D eigenvalue weighted by molar-refractivity contribution is 0.0949. The van der Waals surface area contributed by atoms with Crippen LogP contribution in [0.3, 0.4) is 0 Å². The Hall–Kier alpha value is -4.28. The van der Waals surface area contributed by atoms with Crippen molar-refractivity contribution in [1.82, 2.24) is 29.5 Å². The highest BCUT2D eigenvalue weighted by molar-refractivity contribution is 6.00. The monoisotopic (exact) mass is 434 g/mol. The Labute approximate surface area is 181 Å². The van der Waals surface area contributed by atoms with Gasteiger partial charge >= 0.3 is 0 Å². The van der Waals surface area contributed by atoms with E-state index in [1.165, 1.54) is 15.3 Å². The second-order valence-corrected chi connectivity index (χ2v) is 7.34. The Balaban J connectivity index is 1.52. The first-order valence-electron chi connectivity index (χ1n) is 9.95. The molecule has 0 spiro atoms. The van der Waals surface area contributed by atoms with Crippen molar-refractivity contribution in [3.8, 4) is 5.69 Å². The van der Waals surface area contributed by atoms with Gasteiger partial charge in [0.25, 0.3) is 11.5 Å². The van der Waals surface area contributed by atoms with E-state index >= 15 is 0 Å². The fraction of sp³-hybridized carbons (Fsp3) is 0.190. The second-order valence-electron chi connectivity index (χ2n) is 7.34. The lowest BCUT2D eigenvalue weighted by Gasteiger charge is -2.11. The van der Waals surface area contributed by atoms with Crippen LogP contribution < -0.4 is 21.5 Å². The van der Waals surface area contributed by atoms with Gasteiger partial charge < -0.3 is 16.0 Å². The van der Waals surface area contributed by atoms with Crippen LogP contribution in [0.15, 0.2) is 59.9 Å². The molecule has 10 nitrogen and oxygen atoms in total. The molecule has 32 heavy (non-hydrogen) atoms. The van der Waals surface area contributed by atoms with Crippen LogP contribution in [0.25, 0.3) is 11.3 Å². The van der Waals surface area contributed by atoms with E-state index in [1.807, 2.05) is 0 Å². The molecule has 11 heteroatoms. The molecular formula is C21H19FN8O2. The average Bonchev–Trinajstić information content (AvgIpc) is 3.32. The molecule has 2 atom stereocenters. The summed E-state index contributed by atoms with van der Waals surface area (Å²) in [5, 5.41) is 12.9. The Kier molecular flexibility index (Phi) is 4.77. The summed E-state index contributed by atoms with van der Waals surface area (Å²) in [6, 6.07) is 8.09. The third-order valence-corrected chi connectivity index (χ3v) is 5.14. The first-order valence-corrected chi connectivity index (χ1v) is 9.95. The largest absolute Gasteiger partial charge is 0.373 e. The van der Waals surface area contributed by atoms with Gasteiger partial charge in [-0.1, -0.05) is 0 Å². The molecule has 3 N–H and O–H groups in total. The predicted octanol–water partition coefficient (Wildman–Crippen LogP) is 1.90. The zero-order chi connectivity index (χ0) is 22.2. The number of alkyl halides is 1. The van der Waals surface area contributed by atoms with Crippen LogP contribution >= 0.6 is 0 Å². The highest BCUT2D eigenvalue weighted by atomic mass is 19.1. The first kappa shape index (κ1) is 19.7. The molecule has 0 radical (unpaired) electrons. The van der Waals surface area contributed by atoms with E-state index in [9.17, 15) is 14.0 Å². The summed E-state index contributed by atoms with van der Waals surface area (Å²) in [6.45, 7) is 0. The number of nitrogens with zero attached hydrogens (tertiary/aromatic N) is 5. The van der Waals surface area contributed by atoms with Gasteiger partial charge in [-0.3, -0.25) is 19.1 Å². The van der Waals surface area contributed by atoms with Gasteiger partial charge in [0.15, 0.2) is 5.65 Å². The van der Waals surface area contributed by atoms with E-state index < -0.39 is 18.1 Å². The quantitative estimate of drug-likeness (QED) is 0.424. The predicted molar refractivity (Wildman–Crippen MR) is 116 cm³/mol. The topological polar surface area (TPSA) is 118 Å². The fourth-order valence-corrected chi connectivity index (χ4v) is 3.35. The smallest absolute Gasteiger partial charge is 0.278 e. The lowest BCUT2D eigenvalue weighted by atomic mass is 10.3. The maximum Gasteiger partial charge on any atom is 0.278 e. The maximum atomic E-state index is 13.2. The molecule has 162 valence electrons. The lowest BCUT2D eigenvalue weighted by Crippen LogP contribution is -2.27.